The third-order valence-electron chi connectivity index (χ3n) is 2.61. The Morgan fingerprint density at radius 3 is 2.31 bits per heavy atom. The van der Waals surface area contributed by atoms with Crippen molar-refractivity contribution in [1.29, 1.82) is 0 Å². The summed E-state index contributed by atoms with van der Waals surface area (Å²) < 4.78 is 22.2. The fraction of sp³-hybridized carbons (Fsp3) is 1.00. The zero-order valence-electron chi connectivity index (χ0n) is 7.40. The Kier molecular flexibility index (Phi) is 3.28. The van der Waals surface area contributed by atoms with Gasteiger partial charge in [-0.1, -0.05) is 0 Å². The van der Waals surface area contributed by atoms with Gasteiger partial charge in [0.1, 0.15) is 9.84 Å². The molecule has 0 aromatic carbocycles. The first-order chi connectivity index (χ1) is 6.04. The van der Waals surface area contributed by atoms with Crippen LogP contribution in [0.15, 0.2) is 0 Å². The number of sulfone groups is 1. The summed E-state index contributed by atoms with van der Waals surface area (Å²) in [5, 5.41) is 9.11. The minimum atomic E-state index is -2.89. The fourth-order valence-electron chi connectivity index (χ4n) is 1.50. The smallest absolute Gasteiger partial charge is 0.150 e. The van der Waals surface area contributed by atoms with Gasteiger partial charge in [-0.3, -0.25) is 0 Å². The predicted octanol–water partition coefficient (Wildman–Crippen LogP) is -0.936. The Morgan fingerprint density at radius 2 is 1.92 bits per heavy atom. The summed E-state index contributed by atoms with van der Waals surface area (Å²) in [4.78, 5) is 4.49. The molecule has 1 aliphatic heterocycles. The normalized spacial score (nSPS) is 25.7. The first-order valence-electron chi connectivity index (χ1n) is 4.17. The van der Waals surface area contributed by atoms with Crippen molar-refractivity contribution in [1.82, 2.24) is 0 Å². The Labute approximate surface area is 77.8 Å². The van der Waals surface area contributed by atoms with E-state index >= 15 is 0 Å². The van der Waals surface area contributed by atoms with Crippen molar-refractivity contribution >= 4 is 9.84 Å². The van der Waals surface area contributed by atoms with Crippen molar-refractivity contribution < 1.29 is 18.4 Å². The lowest BCUT2D eigenvalue weighted by atomic mass is 9.84. The van der Waals surface area contributed by atoms with E-state index < -0.39 is 15.3 Å². The minimum Gasteiger partial charge on any atom is -0.396 e. The third-order valence-corrected chi connectivity index (χ3v) is 4.26. The van der Waals surface area contributed by atoms with Crippen LogP contribution in [0.3, 0.4) is 0 Å². The average molecular weight is 209 g/mol. The van der Waals surface area contributed by atoms with E-state index in [1.165, 1.54) is 0 Å². The van der Waals surface area contributed by atoms with E-state index in [4.69, 9.17) is 11.0 Å². The van der Waals surface area contributed by atoms with Gasteiger partial charge in [0.05, 0.1) is 24.7 Å². The van der Waals surface area contributed by atoms with Crippen LogP contribution in [0.5, 0.6) is 0 Å². The van der Waals surface area contributed by atoms with Gasteiger partial charge in [0, 0.05) is 5.41 Å². The van der Waals surface area contributed by atoms with Crippen LogP contribution in [-0.4, -0.2) is 38.2 Å². The second kappa shape index (κ2) is 3.91. The van der Waals surface area contributed by atoms with E-state index in [-0.39, 0.29) is 24.7 Å². The molecular formula is C7H15NO4S. The van der Waals surface area contributed by atoms with Gasteiger partial charge < -0.3 is 9.94 Å². The van der Waals surface area contributed by atoms with E-state index in [9.17, 15) is 8.42 Å². The Balaban J connectivity index is 2.63. The number of aliphatic hydroxyl groups excluding tert-OH is 1. The van der Waals surface area contributed by atoms with Gasteiger partial charge >= 0.3 is 0 Å². The SMILES string of the molecule is NOCC1(CO)CCS(=O)(=O)CC1. The first kappa shape index (κ1) is 10.9. The van der Waals surface area contributed by atoms with Crippen molar-refractivity contribution in [3.05, 3.63) is 0 Å². The molecule has 0 unspecified atom stereocenters. The van der Waals surface area contributed by atoms with Gasteiger partial charge in [0.15, 0.2) is 0 Å². The minimum absolute atomic E-state index is 0.0697. The second-order valence-electron chi connectivity index (χ2n) is 3.62. The monoisotopic (exact) mass is 209 g/mol. The van der Waals surface area contributed by atoms with Crippen LogP contribution < -0.4 is 5.90 Å². The predicted molar refractivity (Wildman–Crippen MR) is 47.5 cm³/mol. The van der Waals surface area contributed by atoms with Gasteiger partial charge in [-0.25, -0.2) is 14.3 Å². The van der Waals surface area contributed by atoms with Gasteiger partial charge in [0.2, 0.25) is 0 Å². The summed E-state index contributed by atoms with van der Waals surface area (Å²) in [5.74, 6) is 5.17. The fourth-order valence-corrected chi connectivity index (χ4v) is 3.19. The summed E-state index contributed by atoms with van der Waals surface area (Å²) in [6, 6.07) is 0. The number of nitrogens with two attached hydrogens (primary N) is 1. The lowest BCUT2D eigenvalue weighted by Crippen LogP contribution is -2.40. The molecule has 0 spiro atoms. The van der Waals surface area contributed by atoms with E-state index in [2.05, 4.69) is 4.84 Å². The Bertz CT molecular complexity index is 248. The zero-order chi connectivity index (χ0) is 9.95. The largest absolute Gasteiger partial charge is 0.396 e. The molecule has 1 heterocycles. The molecular weight excluding hydrogens is 194 g/mol. The highest BCUT2D eigenvalue weighted by Crippen LogP contribution is 2.31. The molecule has 1 rings (SSSR count). The van der Waals surface area contributed by atoms with Gasteiger partial charge in [-0.05, 0) is 12.8 Å². The van der Waals surface area contributed by atoms with Gasteiger partial charge in [-0.2, -0.15) is 0 Å². The van der Waals surface area contributed by atoms with Crippen LogP contribution in [0.2, 0.25) is 0 Å². The van der Waals surface area contributed by atoms with Crippen molar-refractivity contribution in [3.8, 4) is 0 Å². The van der Waals surface area contributed by atoms with Gasteiger partial charge in [0.25, 0.3) is 0 Å². The van der Waals surface area contributed by atoms with E-state index in [1.807, 2.05) is 0 Å². The first-order valence-corrected chi connectivity index (χ1v) is 5.99. The maximum atomic E-state index is 11.1. The van der Waals surface area contributed by atoms with Crippen molar-refractivity contribution in [2.24, 2.45) is 11.3 Å². The molecule has 1 saturated heterocycles. The summed E-state index contributed by atoms with van der Waals surface area (Å²) in [6.07, 6.45) is 0.867. The maximum Gasteiger partial charge on any atom is 0.150 e. The molecule has 78 valence electrons. The highest BCUT2D eigenvalue weighted by Gasteiger charge is 2.37. The molecule has 0 aromatic heterocycles. The molecule has 5 nitrogen and oxygen atoms in total. The average Bonchev–Trinajstić information content (AvgIpc) is 2.10. The van der Waals surface area contributed by atoms with Gasteiger partial charge in [-0.15, -0.1) is 0 Å². The molecule has 0 aromatic rings. The van der Waals surface area contributed by atoms with Crippen LogP contribution in [0, 0.1) is 5.41 Å². The molecule has 0 amide bonds. The van der Waals surface area contributed by atoms with Crippen LogP contribution >= 0.6 is 0 Å². The van der Waals surface area contributed by atoms with E-state index in [0.29, 0.717) is 12.8 Å². The number of aliphatic hydroxyl groups is 1. The molecule has 0 radical (unpaired) electrons. The number of hydrogen-bond donors (Lipinski definition) is 2. The summed E-state index contributed by atoms with van der Waals surface area (Å²) in [7, 11) is -2.89. The standard InChI is InChI=1S/C7H15NO4S/c8-12-6-7(5-9)1-3-13(10,11)4-2-7/h9H,1-6,8H2. The van der Waals surface area contributed by atoms with Crippen molar-refractivity contribution in [2.45, 2.75) is 12.8 Å². The van der Waals surface area contributed by atoms with Crippen LogP contribution in [0.4, 0.5) is 0 Å². The van der Waals surface area contributed by atoms with E-state index in [1.54, 1.807) is 0 Å². The molecule has 6 heteroatoms. The molecule has 0 saturated carbocycles. The van der Waals surface area contributed by atoms with Crippen LogP contribution in [0.1, 0.15) is 12.8 Å². The summed E-state index contributed by atoms with van der Waals surface area (Å²) >= 11 is 0. The Hall–Kier alpha value is -0.170. The summed E-state index contributed by atoms with van der Waals surface area (Å²) in [5.41, 5.74) is -0.444. The highest BCUT2D eigenvalue weighted by molar-refractivity contribution is 7.91. The van der Waals surface area contributed by atoms with Crippen molar-refractivity contribution in [3.63, 3.8) is 0 Å². The molecule has 0 bridgehead atoms. The molecule has 1 aliphatic rings. The molecule has 0 aliphatic carbocycles. The zero-order valence-corrected chi connectivity index (χ0v) is 8.22. The summed E-state index contributed by atoms with van der Waals surface area (Å²) in [6.45, 7) is 0.152. The Morgan fingerprint density at radius 1 is 1.38 bits per heavy atom. The van der Waals surface area contributed by atoms with Crippen LogP contribution in [0.25, 0.3) is 0 Å². The number of hydrogen-bond acceptors (Lipinski definition) is 5. The highest BCUT2D eigenvalue weighted by atomic mass is 32.2. The lowest BCUT2D eigenvalue weighted by molar-refractivity contribution is -0.000664. The lowest BCUT2D eigenvalue weighted by Gasteiger charge is -2.33. The molecule has 0 atom stereocenters. The molecule has 3 N–H and O–H groups in total. The maximum absolute atomic E-state index is 11.1. The second-order valence-corrected chi connectivity index (χ2v) is 5.92. The van der Waals surface area contributed by atoms with E-state index in [0.717, 1.165) is 0 Å². The van der Waals surface area contributed by atoms with Crippen molar-refractivity contribution in [2.75, 3.05) is 24.7 Å². The molecule has 1 fully saturated rings. The topological polar surface area (TPSA) is 89.6 Å². The quantitative estimate of drug-likeness (QED) is 0.586. The molecule has 13 heavy (non-hydrogen) atoms. The number of rotatable bonds is 3. The third kappa shape index (κ3) is 2.63. The van der Waals surface area contributed by atoms with Crippen LogP contribution in [-0.2, 0) is 14.7 Å².